The van der Waals surface area contributed by atoms with Gasteiger partial charge < -0.3 is 24.8 Å². The number of benzene rings is 2. The molecule has 0 saturated carbocycles. The number of aliphatic hydroxyl groups is 1. The summed E-state index contributed by atoms with van der Waals surface area (Å²) < 4.78 is 11.1. The number of ether oxygens (including phenoxy) is 2. The molecule has 5 nitrogen and oxygen atoms in total. The molecular weight excluding hydrogens is 352 g/mol. The summed E-state index contributed by atoms with van der Waals surface area (Å²) in [7, 11) is 0. The van der Waals surface area contributed by atoms with Gasteiger partial charge in [0.1, 0.15) is 37.3 Å². The van der Waals surface area contributed by atoms with Gasteiger partial charge in [0.15, 0.2) is 0 Å². The van der Waals surface area contributed by atoms with Gasteiger partial charge in [0.2, 0.25) is 0 Å². The monoisotopic (exact) mass is 386 g/mol. The van der Waals surface area contributed by atoms with Gasteiger partial charge in [-0.05, 0) is 31.2 Å². The van der Waals surface area contributed by atoms with Gasteiger partial charge in [-0.15, -0.1) is 0 Å². The van der Waals surface area contributed by atoms with Crippen LogP contribution >= 0.6 is 0 Å². The van der Waals surface area contributed by atoms with Crippen molar-refractivity contribution in [2.24, 2.45) is 0 Å². The second-order valence-electron chi connectivity index (χ2n) is 7.59. The van der Waals surface area contributed by atoms with Crippen molar-refractivity contribution in [1.82, 2.24) is 0 Å². The highest BCUT2D eigenvalue weighted by Crippen LogP contribution is 2.17. The molecule has 3 rings (SSSR count). The van der Waals surface area contributed by atoms with Gasteiger partial charge >= 0.3 is 0 Å². The van der Waals surface area contributed by atoms with Crippen LogP contribution in [0.25, 0.3) is 0 Å². The van der Waals surface area contributed by atoms with Crippen molar-refractivity contribution in [3.63, 3.8) is 0 Å². The molecule has 2 aromatic rings. The third-order valence-electron chi connectivity index (χ3n) is 5.35. The van der Waals surface area contributed by atoms with E-state index in [4.69, 9.17) is 9.47 Å². The lowest BCUT2D eigenvalue weighted by Crippen LogP contribution is -3.13. The molecule has 1 atom stereocenters. The fraction of sp³-hybridized carbons (Fsp3) is 0.478. The predicted octanol–water partition coefficient (Wildman–Crippen LogP) is 0.636. The number of hydrogen-bond donors (Lipinski definition) is 3. The normalized spacial score (nSPS) is 20.5. The molecule has 1 aliphatic heterocycles. The van der Waals surface area contributed by atoms with Crippen LogP contribution in [0.1, 0.15) is 25.3 Å². The van der Waals surface area contributed by atoms with E-state index in [1.54, 1.807) is 4.90 Å². The molecule has 0 radical (unpaired) electrons. The van der Waals surface area contributed by atoms with Gasteiger partial charge in [0, 0.05) is 18.4 Å². The van der Waals surface area contributed by atoms with Crippen LogP contribution in [-0.2, 0) is 6.54 Å². The van der Waals surface area contributed by atoms with Crippen LogP contribution < -0.4 is 19.7 Å². The number of aliphatic hydroxyl groups excluding tert-OH is 1. The number of piperidine rings is 1. The Hall–Kier alpha value is -2.08. The number of quaternary nitrogens is 2. The van der Waals surface area contributed by atoms with E-state index in [1.165, 1.54) is 31.5 Å². The lowest BCUT2D eigenvalue weighted by atomic mass is 10.0. The summed E-state index contributed by atoms with van der Waals surface area (Å²) >= 11 is 0. The number of likely N-dealkylation sites (tertiary alicyclic amines) is 1. The average Bonchev–Trinajstić information content (AvgIpc) is 2.74. The maximum absolute atomic E-state index is 10.2. The van der Waals surface area contributed by atoms with Crippen LogP contribution in [0.3, 0.4) is 0 Å². The van der Waals surface area contributed by atoms with E-state index < -0.39 is 6.10 Å². The van der Waals surface area contributed by atoms with Crippen LogP contribution in [0.5, 0.6) is 11.5 Å². The van der Waals surface area contributed by atoms with E-state index in [2.05, 4.69) is 35.6 Å². The molecule has 5 heteroatoms. The van der Waals surface area contributed by atoms with Crippen molar-refractivity contribution in [1.29, 1.82) is 0 Å². The van der Waals surface area contributed by atoms with Crippen LogP contribution in [0.2, 0.25) is 0 Å². The molecule has 0 aliphatic carbocycles. The first-order valence-corrected chi connectivity index (χ1v) is 10.5. The fourth-order valence-corrected chi connectivity index (χ4v) is 3.75. The topological polar surface area (TPSA) is 59.7 Å². The van der Waals surface area contributed by atoms with Crippen molar-refractivity contribution in [3.8, 4) is 11.5 Å². The van der Waals surface area contributed by atoms with Crippen molar-refractivity contribution in [3.05, 3.63) is 60.2 Å². The summed E-state index contributed by atoms with van der Waals surface area (Å²) in [6.07, 6.45) is 1.95. The smallest absolute Gasteiger partial charge is 0.137 e. The highest BCUT2D eigenvalue weighted by molar-refractivity contribution is 5.31. The molecule has 2 aromatic carbocycles. The Morgan fingerprint density at radius 3 is 2.29 bits per heavy atom. The maximum Gasteiger partial charge on any atom is 0.137 e. The Labute approximate surface area is 168 Å². The highest BCUT2D eigenvalue weighted by Gasteiger charge is 2.25. The van der Waals surface area contributed by atoms with Gasteiger partial charge in [-0.1, -0.05) is 30.3 Å². The number of nitrogens with two attached hydrogens (primary N) is 1. The zero-order valence-corrected chi connectivity index (χ0v) is 16.8. The van der Waals surface area contributed by atoms with Crippen LogP contribution in [0.15, 0.2) is 54.6 Å². The molecule has 0 amide bonds. The summed E-state index contributed by atoms with van der Waals surface area (Å²) in [5.74, 6) is 1.60. The lowest BCUT2D eigenvalue weighted by Gasteiger charge is -2.28. The quantitative estimate of drug-likeness (QED) is 0.562. The molecular formula is C23H34N2O3+2. The minimum Gasteiger partial charge on any atom is -0.494 e. The molecule has 28 heavy (non-hydrogen) atoms. The predicted molar refractivity (Wildman–Crippen MR) is 110 cm³/mol. The molecule has 152 valence electrons. The fourth-order valence-electron chi connectivity index (χ4n) is 3.75. The Morgan fingerprint density at radius 2 is 1.64 bits per heavy atom. The SMILES string of the molecule is CCOc1ccc(OC[C@@H](O)C[NH2+]C2CC[NH+](Cc3ccccc3)CC2)cc1. The van der Waals surface area contributed by atoms with Crippen LogP contribution in [0.4, 0.5) is 0 Å². The van der Waals surface area contributed by atoms with E-state index in [9.17, 15) is 5.11 Å². The molecule has 1 fully saturated rings. The molecule has 0 aromatic heterocycles. The van der Waals surface area contributed by atoms with E-state index in [-0.39, 0.29) is 0 Å². The molecule has 1 aliphatic rings. The van der Waals surface area contributed by atoms with Gasteiger partial charge in [-0.3, -0.25) is 0 Å². The van der Waals surface area contributed by atoms with E-state index >= 15 is 0 Å². The van der Waals surface area contributed by atoms with Crippen molar-refractivity contribution in [2.75, 3.05) is 32.8 Å². The Morgan fingerprint density at radius 1 is 1.00 bits per heavy atom. The van der Waals surface area contributed by atoms with E-state index in [1.807, 2.05) is 31.2 Å². The standard InChI is InChI=1S/C23H32N2O3/c1-2-27-22-8-10-23(11-9-22)28-18-21(26)16-24-20-12-14-25(15-13-20)17-19-6-4-3-5-7-19/h3-11,20-21,24,26H,2,12-18H2,1H3/p+2/t21-/m0/s1. The van der Waals surface area contributed by atoms with Gasteiger partial charge in [0.05, 0.1) is 25.7 Å². The Balaban J connectivity index is 1.30. The first-order chi connectivity index (χ1) is 13.7. The van der Waals surface area contributed by atoms with Crippen molar-refractivity contribution < 1.29 is 24.8 Å². The first kappa shape index (κ1) is 20.6. The van der Waals surface area contributed by atoms with Gasteiger partial charge in [-0.2, -0.15) is 0 Å². The Bertz CT molecular complexity index is 670. The Kier molecular flexibility index (Phi) is 8.15. The van der Waals surface area contributed by atoms with Crippen LogP contribution in [0, 0.1) is 0 Å². The molecule has 0 spiro atoms. The minimum atomic E-state index is -0.457. The third kappa shape index (κ3) is 6.82. The summed E-state index contributed by atoms with van der Waals surface area (Å²) in [4.78, 5) is 1.66. The largest absolute Gasteiger partial charge is 0.494 e. The molecule has 0 bridgehead atoms. The minimum absolute atomic E-state index is 0.322. The zero-order valence-electron chi connectivity index (χ0n) is 16.8. The van der Waals surface area contributed by atoms with Gasteiger partial charge in [0.25, 0.3) is 0 Å². The van der Waals surface area contributed by atoms with Crippen molar-refractivity contribution in [2.45, 2.75) is 38.5 Å². The molecule has 0 unspecified atom stereocenters. The van der Waals surface area contributed by atoms with Crippen LogP contribution in [-0.4, -0.2) is 50.1 Å². The first-order valence-electron chi connectivity index (χ1n) is 10.5. The number of nitrogens with one attached hydrogen (secondary N) is 1. The van der Waals surface area contributed by atoms with Gasteiger partial charge in [-0.25, -0.2) is 0 Å². The molecule has 4 N–H and O–H groups in total. The average molecular weight is 387 g/mol. The molecule has 1 heterocycles. The second-order valence-corrected chi connectivity index (χ2v) is 7.59. The number of rotatable bonds is 10. The summed E-state index contributed by atoms with van der Waals surface area (Å²) in [5, 5.41) is 12.5. The van der Waals surface area contributed by atoms with E-state index in [0.29, 0.717) is 25.8 Å². The highest BCUT2D eigenvalue weighted by atomic mass is 16.5. The lowest BCUT2D eigenvalue weighted by molar-refractivity contribution is -0.926. The second kappa shape index (κ2) is 11.1. The van der Waals surface area contributed by atoms with E-state index in [0.717, 1.165) is 18.0 Å². The zero-order chi connectivity index (χ0) is 19.6. The summed E-state index contributed by atoms with van der Waals surface area (Å²) in [6.45, 7) is 7.15. The molecule has 1 saturated heterocycles. The maximum atomic E-state index is 10.2. The third-order valence-corrected chi connectivity index (χ3v) is 5.35. The number of hydrogen-bond acceptors (Lipinski definition) is 3. The summed E-state index contributed by atoms with van der Waals surface area (Å²) in [5.41, 5.74) is 1.42. The summed E-state index contributed by atoms with van der Waals surface area (Å²) in [6, 6.07) is 18.9. The van der Waals surface area contributed by atoms with Crippen molar-refractivity contribution >= 4 is 0 Å².